The molecule has 3 rings (SSSR count). The summed E-state index contributed by atoms with van der Waals surface area (Å²) in [4.78, 5) is 14.3. The van der Waals surface area contributed by atoms with Crippen molar-refractivity contribution < 1.29 is 19.0 Å². The molecular weight excluding hydrogens is 324 g/mol. The zero-order valence-corrected chi connectivity index (χ0v) is 14.2. The Morgan fingerprint density at radius 3 is 2.88 bits per heavy atom. The predicted octanol–water partition coefficient (Wildman–Crippen LogP) is 1.36. The number of esters is 1. The van der Waals surface area contributed by atoms with E-state index in [2.05, 4.69) is 20.3 Å². The highest BCUT2D eigenvalue weighted by Gasteiger charge is 2.21. The summed E-state index contributed by atoms with van der Waals surface area (Å²) in [6.45, 7) is 6.76. The molecule has 0 bridgehead atoms. The summed E-state index contributed by atoms with van der Waals surface area (Å²) in [5, 5.41) is 10.5. The largest absolute Gasteiger partial charge is 0.492 e. The summed E-state index contributed by atoms with van der Waals surface area (Å²) in [5.41, 5.74) is 1.30. The van der Waals surface area contributed by atoms with E-state index in [1.807, 2.05) is 24.3 Å². The third-order valence-corrected chi connectivity index (χ3v) is 3.93. The van der Waals surface area contributed by atoms with Crippen molar-refractivity contribution in [1.82, 2.24) is 20.3 Å². The maximum atomic E-state index is 12.0. The number of morpholine rings is 1. The Kier molecular flexibility index (Phi) is 5.97. The number of nitrogens with one attached hydrogen (secondary N) is 1. The molecule has 0 unspecified atom stereocenters. The van der Waals surface area contributed by atoms with Crippen molar-refractivity contribution in [3.8, 4) is 17.0 Å². The highest BCUT2D eigenvalue weighted by Crippen LogP contribution is 2.30. The maximum absolute atomic E-state index is 12.0. The van der Waals surface area contributed by atoms with Gasteiger partial charge in [-0.15, -0.1) is 5.10 Å². The zero-order valence-electron chi connectivity index (χ0n) is 14.2. The highest BCUT2D eigenvalue weighted by molar-refractivity contribution is 5.94. The average molecular weight is 346 g/mol. The van der Waals surface area contributed by atoms with E-state index in [0.717, 1.165) is 32.8 Å². The van der Waals surface area contributed by atoms with Gasteiger partial charge in [0.25, 0.3) is 0 Å². The molecule has 1 N–H and O–H groups in total. The second-order valence-electron chi connectivity index (χ2n) is 5.54. The molecule has 0 aliphatic carbocycles. The molecular formula is C17H22N4O4. The fourth-order valence-electron chi connectivity index (χ4n) is 2.66. The number of ether oxygens (including phenoxy) is 3. The molecule has 134 valence electrons. The van der Waals surface area contributed by atoms with Gasteiger partial charge in [0.2, 0.25) is 0 Å². The number of carbonyl (C=O) groups excluding carboxylic acids is 1. The minimum absolute atomic E-state index is 0.158. The van der Waals surface area contributed by atoms with Gasteiger partial charge in [0.15, 0.2) is 5.69 Å². The van der Waals surface area contributed by atoms with Gasteiger partial charge < -0.3 is 14.2 Å². The Labute approximate surface area is 146 Å². The molecule has 1 aliphatic heterocycles. The summed E-state index contributed by atoms with van der Waals surface area (Å²) in [6.07, 6.45) is 0. The van der Waals surface area contributed by atoms with Crippen LogP contribution in [-0.2, 0) is 9.47 Å². The van der Waals surface area contributed by atoms with Crippen molar-refractivity contribution in [2.24, 2.45) is 0 Å². The minimum Gasteiger partial charge on any atom is -0.492 e. The van der Waals surface area contributed by atoms with E-state index in [-0.39, 0.29) is 12.3 Å². The van der Waals surface area contributed by atoms with Crippen molar-refractivity contribution in [2.75, 3.05) is 46.1 Å². The number of carbonyl (C=O) groups is 1. The van der Waals surface area contributed by atoms with E-state index < -0.39 is 5.97 Å². The van der Waals surface area contributed by atoms with Crippen LogP contribution in [0.15, 0.2) is 24.3 Å². The number of nitrogens with zero attached hydrogens (tertiary/aromatic N) is 3. The summed E-state index contributed by atoms with van der Waals surface area (Å²) in [5.74, 6) is 0.157. The molecule has 0 saturated carbocycles. The summed E-state index contributed by atoms with van der Waals surface area (Å²) < 4.78 is 16.3. The Bertz CT molecular complexity index is 697. The predicted molar refractivity (Wildman–Crippen MR) is 90.5 cm³/mol. The first-order valence-electron chi connectivity index (χ1n) is 8.39. The van der Waals surface area contributed by atoms with Crippen LogP contribution < -0.4 is 4.74 Å². The molecule has 1 aromatic heterocycles. The van der Waals surface area contributed by atoms with Crippen LogP contribution in [0.1, 0.15) is 17.4 Å². The van der Waals surface area contributed by atoms with Gasteiger partial charge in [-0.25, -0.2) is 4.79 Å². The summed E-state index contributed by atoms with van der Waals surface area (Å²) in [7, 11) is 0. The van der Waals surface area contributed by atoms with E-state index >= 15 is 0 Å². The van der Waals surface area contributed by atoms with Crippen molar-refractivity contribution in [2.45, 2.75) is 6.92 Å². The fraction of sp³-hybridized carbons (Fsp3) is 0.471. The second-order valence-corrected chi connectivity index (χ2v) is 5.54. The molecule has 1 aromatic carbocycles. The van der Waals surface area contributed by atoms with Gasteiger partial charge in [-0.05, 0) is 19.1 Å². The number of benzene rings is 1. The number of rotatable bonds is 7. The molecule has 1 fully saturated rings. The monoisotopic (exact) mass is 346 g/mol. The van der Waals surface area contributed by atoms with E-state index in [0.29, 0.717) is 23.6 Å². The van der Waals surface area contributed by atoms with Gasteiger partial charge in [-0.1, -0.05) is 12.1 Å². The van der Waals surface area contributed by atoms with Crippen LogP contribution in [0.25, 0.3) is 11.3 Å². The standard InChI is InChI=1S/C17H22N4O4/c1-2-24-17(22)16-15(18-20-19-16)13-5-3-4-6-14(13)25-12-9-21-7-10-23-11-8-21/h3-6H,2,7-12H2,1H3,(H,18,19,20). The van der Waals surface area contributed by atoms with Crippen molar-refractivity contribution in [3.05, 3.63) is 30.0 Å². The lowest BCUT2D eigenvalue weighted by atomic mass is 10.1. The Morgan fingerprint density at radius 2 is 2.08 bits per heavy atom. The molecule has 0 atom stereocenters. The topological polar surface area (TPSA) is 89.6 Å². The maximum Gasteiger partial charge on any atom is 0.361 e. The molecule has 8 nitrogen and oxygen atoms in total. The lowest BCUT2D eigenvalue weighted by Crippen LogP contribution is -2.38. The van der Waals surface area contributed by atoms with Gasteiger partial charge in [0.05, 0.1) is 19.8 Å². The van der Waals surface area contributed by atoms with Gasteiger partial charge in [-0.3, -0.25) is 4.90 Å². The number of hydrogen-bond donors (Lipinski definition) is 1. The second kappa shape index (κ2) is 8.59. The minimum atomic E-state index is -0.505. The molecule has 0 radical (unpaired) electrons. The quantitative estimate of drug-likeness (QED) is 0.757. The lowest BCUT2D eigenvalue weighted by molar-refractivity contribution is 0.0323. The van der Waals surface area contributed by atoms with Crippen LogP contribution in [0.4, 0.5) is 0 Å². The molecule has 8 heteroatoms. The van der Waals surface area contributed by atoms with Crippen LogP contribution in [0.3, 0.4) is 0 Å². The molecule has 2 aromatic rings. The highest BCUT2D eigenvalue weighted by atomic mass is 16.5. The number of H-pyrrole nitrogens is 1. The SMILES string of the molecule is CCOC(=O)c1n[nH]nc1-c1ccccc1OCCN1CCOCC1. The molecule has 0 amide bonds. The van der Waals surface area contributed by atoms with Crippen LogP contribution >= 0.6 is 0 Å². The zero-order chi connectivity index (χ0) is 17.5. The molecule has 1 aliphatic rings. The van der Waals surface area contributed by atoms with E-state index in [9.17, 15) is 4.79 Å². The third-order valence-electron chi connectivity index (χ3n) is 3.93. The van der Waals surface area contributed by atoms with Gasteiger partial charge in [0, 0.05) is 25.2 Å². The molecule has 2 heterocycles. The van der Waals surface area contributed by atoms with Crippen LogP contribution in [-0.4, -0.2) is 72.3 Å². The molecule has 25 heavy (non-hydrogen) atoms. The summed E-state index contributed by atoms with van der Waals surface area (Å²) in [6, 6.07) is 7.47. The van der Waals surface area contributed by atoms with Crippen LogP contribution in [0, 0.1) is 0 Å². The normalized spacial score (nSPS) is 15.1. The third kappa shape index (κ3) is 4.34. The fourth-order valence-corrected chi connectivity index (χ4v) is 2.66. The average Bonchev–Trinajstić information content (AvgIpc) is 3.13. The number of para-hydroxylation sites is 1. The van der Waals surface area contributed by atoms with E-state index in [1.165, 1.54) is 0 Å². The van der Waals surface area contributed by atoms with E-state index in [4.69, 9.17) is 14.2 Å². The molecule has 1 saturated heterocycles. The van der Waals surface area contributed by atoms with Crippen molar-refractivity contribution >= 4 is 5.97 Å². The van der Waals surface area contributed by atoms with Gasteiger partial charge >= 0.3 is 5.97 Å². The summed E-state index contributed by atoms with van der Waals surface area (Å²) >= 11 is 0. The Balaban J connectivity index is 1.71. The van der Waals surface area contributed by atoms with Gasteiger partial charge in [-0.2, -0.15) is 10.3 Å². The Morgan fingerprint density at radius 1 is 1.28 bits per heavy atom. The lowest BCUT2D eigenvalue weighted by Gasteiger charge is -2.26. The Hall–Kier alpha value is -2.45. The van der Waals surface area contributed by atoms with Crippen LogP contribution in [0.2, 0.25) is 0 Å². The van der Waals surface area contributed by atoms with Crippen molar-refractivity contribution in [3.63, 3.8) is 0 Å². The first kappa shape index (κ1) is 17.4. The van der Waals surface area contributed by atoms with E-state index in [1.54, 1.807) is 6.92 Å². The number of hydrogen-bond acceptors (Lipinski definition) is 7. The molecule has 0 spiro atoms. The van der Waals surface area contributed by atoms with Crippen LogP contribution in [0.5, 0.6) is 5.75 Å². The first-order chi connectivity index (χ1) is 12.3. The van der Waals surface area contributed by atoms with Gasteiger partial charge in [0.1, 0.15) is 18.1 Å². The number of aromatic amines is 1. The number of aromatic nitrogens is 3. The first-order valence-corrected chi connectivity index (χ1v) is 8.39. The van der Waals surface area contributed by atoms with Crippen molar-refractivity contribution in [1.29, 1.82) is 0 Å². The smallest absolute Gasteiger partial charge is 0.361 e.